The first kappa shape index (κ1) is 12.9. The first-order chi connectivity index (χ1) is 8.88. The Morgan fingerprint density at radius 2 is 2.22 bits per heavy atom. The summed E-state index contributed by atoms with van der Waals surface area (Å²) in [4.78, 5) is 0. The van der Waals surface area contributed by atoms with Crippen LogP contribution in [0.25, 0.3) is 0 Å². The van der Waals surface area contributed by atoms with E-state index in [9.17, 15) is 0 Å². The summed E-state index contributed by atoms with van der Waals surface area (Å²) in [5.74, 6) is 0.753. The Kier molecular flexibility index (Phi) is 5.00. The van der Waals surface area contributed by atoms with Crippen LogP contribution in [0.1, 0.15) is 18.4 Å². The molecule has 0 unspecified atom stereocenters. The van der Waals surface area contributed by atoms with E-state index in [-0.39, 0.29) is 6.61 Å². The first-order valence-electron chi connectivity index (χ1n) is 6.28. The molecule has 0 aliphatic carbocycles. The zero-order valence-electron chi connectivity index (χ0n) is 10.4. The van der Waals surface area contributed by atoms with Gasteiger partial charge < -0.3 is 14.8 Å². The molecule has 96 valence electrons. The van der Waals surface area contributed by atoms with Gasteiger partial charge in [-0.25, -0.2) is 0 Å². The van der Waals surface area contributed by atoms with Crippen molar-refractivity contribution in [1.29, 1.82) is 5.26 Å². The zero-order chi connectivity index (χ0) is 12.6. The molecule has 0 spiro atoms. The lowest BCUT2D eigenvalue weighted by Gasteiger charge is -2.23. The molecule has 1 saturated heterocycles. The van der Waals surface area contributed by atoms with E-state index in [0.29, 0.717) is 6.04 Å². The average Bonchev–Trinajstić information content (AvgIpc) is 2.44. The summed E-state index contributed by atoms with van der Waals surface area (Å²) >= 11 is 0. The summed E-state index contributed by atoms with van der Waals surface area (Å²) in [6, 6.07) is 10.4. The fourth-order valence-electron chi connectivity index (χ4n) is 2.02. The maximum atomic E-state index is 8.47. The van der Waals surface area contributed by atoms with Crippen LogP contribution >= 0.6 is 0 Å². The van der Waals surface area contributed by atoms with Gasteiger partial charge in [0, 0.05) is 25.8 Å². The van der Waals surface area contributed by atoms with Gasteiger partial charge in [-0.15, -0.1) is 0 Å². The smallest absolute Gasteiger partial charge is 0.174 e. The molecule has 1 fully saturated rings. The molecule has 0 aromatic heterocycles. The summed E-state index contributed by atoms with van der Waals surface area (Å²) in [7, 11) is 0. The second-order valence-corrected chi connectivity index (χ2v) is 4.36. The van der Waals surface area contributed by atoms with Crippen molar-refractivity contribution in [2.24, 2.45) is 0 Å². The number of rotatable bonds is 5. The van der Waals surface area contributed by atoms with Crippen molar-refractivity contribution in [2.75, 3.05) is 19.8 Å². The number of hydrogen-bond donors (Lipinski definition) is 1. The summed E-state index contributed by atoms with van der Waals surface area (Å²) < 4.78 is 10.6. The zero-order valence-corrected chi connectivity index (χ0v) is 10.4. The quantitative estimate of drug-likeness (QED) is 0.861. The van der Waals surface area contributed by atoms with E-state index in [1.54, 1.807) is 0 Å². The summed E-state index contributed by atoms with van der Waals surface area (Å²) in [5.41, 5.74) is 1.18. The summed E-state index contributed by atoms with van der Waals surface area (Å²) in [5, 5.41) is 12.0. The molecule has 1 N–H and O–H groups in total. The van der Waals surface area contributed by atoms with Crippen LogP contribution in [0.15, 0.2) is 24.3 Å². The van der Waals surface area contributed by atoms with Gasteiger partial charge in [0.2, 0.25) is 0 Å². The third-order valence-corrected chi connectivity index (χ3v) is 3.02. The lowest BCUT2D eigenvalue weighted by molar-refractivity contribution is 0.0776. The molecule has 4 nitrogen and oxygen atoms in total. The van der Waals surface area contributed by atoms with Gasteiger partial charge in [-0.3, -0.25) is 0 Å². The molecular weight excluding hydrogens is 228 g/mol. The summed E-state index contributed by atoms with van der Waals surface area (Å²) in [6.07, 6.45) is 2.15. The van der Waals surface area contributed by atoms with Gasteiger partial charge in [0.25, 0.3) is 0 Å². The monoisotopic (exact) mass is 246 g/mol. The Balaban J connectivity index is 1.82. The minimum atomic E-state index is 0.0941. The molecule has 4 heteroatoms. The molecule has 1 aliphatic rings. The highest BCUT2D eigenvalue weighted by Crippen LogP contribution is 2.14. The lowest BCUT2D eigenvalue weighted by atomic mass is 10.1. The van der Waals surface area contributed by atoms with Gasteiger partial charge in [-0.1, -0.05) is 12.1 Å². The van der Waals surface area contributed by atoms with Crippen molar-refractivity contribution in [3.8, 4) is 11.8 Å². The van der Waals surface area contributed by atoms with Crippen LogP contribution in [0, 0.1) is 11.3 Å². The maximum absolute atomic E-state index is 8.47. The molecule has 0 radical (unpaired) electrons. The van der Waals surface area contributed by atoms with Crippen LogP contribution in [-0.4, -0.2) is 25.9 Å². The van der Waals surface area contributed by atoms with E-state index in [0.717, 1.165) is 38.3 Å². The second-order valence-electron chi connectivity index (χ2n) is 4.36. The largest absolute Gasteiger partial charge is 0.479 e. The summed E-state index contributed by atoms with van der Waals surface area (Å²) in [6.45, 7) is 2.62. The molecule has 1 aromatic rings. The number of nitrogens with zero attached hydrogens (tertiary/aromatic N) is 1. The van der Waals surface area contributed by atoms with Crippen molar-refractivity contribution in [3.63, 3.8) is 0 Å². The molecule has 0 amide bonds. The molecule has 1 aromatic carbocycles. The highest BCUT2D eigenvalue weighted by atomic mass is 16.5. The SMILES string of the molecule is N#CCOc1cccc(CNC2CCOCC2)c1. The van der Waals surface area contributed by atoms with E-state index in [1.807, 2.05) is 24.3 Å². The van der Waals surface area contributed by atoms with Crippen molar-refractivity contribution in [3.05, 3.63) is 29.8 Å². The number of hydrogen-bond acceptors (Lipinski definition) is 4. The number of ether oxygens (including phenoxy) is 2. The van der Waals surface area contributed by atoms with E-state index in [2.05, 4.69) is 11.4 Å². The van der Waals surface area contributed by atoms with E-state index in [4.69, 9.17) is 14.7 Å². The number of nitriles is 1. The van der Waals surface area contributed by atoms with Crippen molar-refractivity contribution < 1.29 is 9.47 Å². The Morgan fingerprint density at radius 1 is 1.39 bits per heavy atom. The van der Waals surface area contributed by atoms with Gasteiger partial charge in [-0.2, -0.15) is 5.26 Å². The van der Waals surface area contributed by atoms with Crippen LogP contribution in [0.4, 0.5) is 0 Å². The van der Waals surface area contributed by atoms with E-state index in [1.165, 1.54) is 5.56 Å². The molecular formula is C14H18N2O2. The normalized spacial score (nSPS) is 16.2. The molecule has 1 aliphatic heterocycles. The predicted molar refractivity (Wildman–Crippen MR) is 68.2 cm³/mol. The van der Waals surface area contributed by atoms with Gasteiger partial charge in [0.05, 0.1) is 0 Å². The highest BCUT2D eigenvalue weighted by Gasteiger charge is 2.12. The van der Waals surface area contributed by atoms with Crippen LogP contribution in [0.5, 0.6) is 5.75 Å². The van der Waals surface area contributed by atoms with Gasteiger partial charge >= 0.3 is 0 Å². The minimum Gasteiger partial charge on any atom is -0.479 e. The van der Waals surface area contributed by atoms with E-state index < -0.39 is 0 Å². The standard InChI is InChI=1S/C14H18N2O2/c15-6-9-18-14-3-1-2-12(10-14)11-16-13-4-7-17-8-5-13/h1-3,10,13,16H,4-5,7-9,11H2. The van der Waals surface area contributed by atoms with Gasteiger partial charge in [0.15, 0.2) is 6.61 Å². The van der Waals surface area contributed by atoms with E-state index >= 15 is 0 Å². The van der Waals surface area contributed by atoms with Crippen molar-refractivity contribution in [2.45, 2.75) is 25.4 Å². The Labute approximate surface area is 108 Å². The van der Waals surface area contributed by atoms with Gasteiger partial charge in [0.1, 0.15) is 11.8 Å². The van der Waals surface area contributed by atoms with Crippen molar-refractivity contribution >= 4 is 0 Å². The average molecular weight is 246 g/mol. The Hall–Kier alpha value is -1.57. The van der Waals surface area contributed by atoms with Crippen LogP contribution < -0.4 is 10.1 Å². The highest BCUT2D eigenvalue weighted by molar-refractivity contribution is 5.28. The molecule has 0 saturated carbocycles. The predicted octanol–water partition coefficient (Wildman–Crippen LogP) is 1.86. The topological polar surface area (TPSA) is 54.3 Å². The Bertz CT molecular complexity index is 409. The van der Waals surface area contributed by atoms with Crippen LogP contribution in [-0.2, 0) is 11.3 Å². The molecule has 0 atom stereocenters. The molecule has 1 heterocycles. The van der Waals surface area contributed by atoms with Crippen molar-refractivity contribution in [1.82, 2.24) is 5.32 Å². The van der Waals surface area contributed by atoms with Gasteiger partial charge in [-0.05, 0) is 30.5 Å². The van der Waals surface area contributed by atoms with Crippen LogP contribution in [0.2, 0.25) is 0 Å². The third kappa shape index (κ3) is 4.02. The number of benzene rings is 1. The number of nitrogens with one attached hydrogen (secondary N) is 1. The fraction of sp³-hybridized carbons (Fsp3) is 0.500. The molecule has 18 heavy (non-hydrogen) atoms. The lowest BCUT2D eigenvalue weighted by Crippen LogP contribution is -2.34. The Morgan fingerprint density at radius 3 is 3.00 bits per heavy atom. The second kappa shape index (κ2) is 7.00. The molecule has 0 bridgehead atoms. The first-order valence-corrected chi connectivity index (χ1v) is 6.28. The fourth-order valence-corrected chi connectivity index (χ4v) is 2.02. The third-order valence-electron chi connectivity index (χ3n) is 3.02. The van der Waals surface area contributed by atoms with Crippen LogP contribution in [0.3, 0.4) is 0 Å². The molecule has 2 rings (SSSR count). The maximum Gasteiger partial charge on any atom is 0.174 e. The minimum absolute atomic E-state index is 0.0941.